The first-order valence-corrected chi connectivity index (χ1v) is 6.37. The number of anilines is 2. The predicted octanol–water partition coefficient (Wildman–Crippen LogP) is 2.38. The van der Waals surface area contributed by atoms with Crippen LogP contribution in [0.3, 0.4) is 0 Å². The number of hydrogen-bond donors (Lipinski definition) is 2. The molecule has 7 heteroatoms. The van der Waals surface area contributed by atoms with Crippen LogP contribution >= 0.6 is 22.9 Å². The molecule has 3 N–H and O–H groups in total. The molecule has 1 aromatic carbocycles. The second-order valence-electron chi connectivity index (χ2n) is 3.74. The van der Waals surface area contributed by atoms with Crippen molar-refractivity contribution in [2.24, 2.45) is 0 Å². The van der Waals surface area contributed by atoms with Gasteiger partial charge < -0.3 is 15.8 Å². The highest BCUT2D eigenvalue weighted by Crippen LogP contribution is 2.38. The Balaban J connectivity index is 2.09. The summed E-state index contributed by atoms with van der Waals surface area (Å²) in [5, 5.41) is 5.49. The summed E-state index contributed by atoms with van der Waals surface area (Å²) in [5.74, 6) is 0.393. The summed E-state index contributed by atoms with van der Waals surface area (Å²) < 4.78 is 5.33. The van der Waals surface area contributed by atoms with Gasteiger partial charge in [-0.05, 0) is 12.1 Å². The van der Waals surface area contributed by atoms with E-state index in [2.05, 4.69) is 10.3 Å². The van der Waals surface area contributed by atoms with E-state index in [9.17, 15) is 4.79 Å². The minimum Gasteiger partial charge on any atom is -0.482 e. The molecule has 5 nitrogen and oxygen atoms in total. The van der Waals surface area contributed by atoms with Crippen molar-refractivity contribution in [3.63, 3.8) is 0 Å². The Kier molecular flexibility index (Phi) is 2.61. The lowest BCUT2D eigenvalue weighted by molar-refractivity contribution is -0.118. The second kappa shape index (κ2) is 4.15. The van der Waals surface area contributed by atoms with Crippen LogP contribution in [0.5, 0.6) is 5.75 Å². The van der Waals surface area contributed by atoms with Crippen molar-refractivity contribution >= 4 is 39.7 Å². The molecule has 2 aromatic rings. The maximum absolute atomic E-state index is 11.2. The van der Waals surface area contributed by atoms with Gasteiger partial charge in [-0.25, -0.2) is 4.98 Å². The van der Waals surface area contributed by atoms with E-state index in [1.165, 1.54) is 11.3 Å². The highest BCUT2D eigenvalue weighted by molar-refractivity contribution is 7.13. The van der Waals surface area contributed by atoms with E-state index in [1.54, 1.807) is 12.1 Å². The largest absolute Gasteiger partial charge is 0.482 e. The van der Waals surface area contributed by atoms with Crippen molar-refractivity contribution in [1.82, 2.24) is 4.98 Å². The van der Waals surface area contributed by atoms with Crippen molar-refractivity contribution in [1.29, 1.82) is 0 Å². The van der Waals surface area contributed by atoms with Crippen molar-refractivity contribution in [2.45, 2.75) is 0 Å². The first kappa shape index (κ1) is 11.3. The van der Waals surface area contributed by atoms with Gasteiger partial charge in [0.05, 0.1) is 16.4 Å². The highest BCUT2D eigenvalue weighted by atomic mass is 35.5. The van der Waals surface area contributed by atoms with E-state index in [1.807, 2.05) is 5.38 Å². The number of fused-ring (bicyclic) bond motifs is 1. The summed E-state index contributed by atoms with van der Waals surface area (Å²) >= 11 is 7.51. The summed E-state index contributed by atoms with van der Waals surface area (Å²) in [5.41, 5.74) is 7.61. The summed E-state index contributed by atoms with van der Waals surface area (Å²) in [6.07, 6.45) is 0. The predicted molar refractivity (Wildman–Crippen MR) is 71.1 cm³/mol. The lowest BCUT2D eigenvalue weighted by Gasteiger charge is -2.19. The second-order valence-corrected chi connectivity index (χ2v) is 5.03. The molecule has 0 bridgehead atoms. The first-order chi connectivity index (χ1) is 8.63. The molecule has 0 atom stereocenters. The van der Waals surface area contributed by atoms with Crippen molar-refractivity contribution in [3.8, 4) is 17.0 Å². The van der Waals surface area contributed by atoms with Gasteiger partial charge in [-0.15, -0.1) is 11.3 Å². The number of ether oxygens (including phenoxy) is 1. The third kappa shape index (κ3) is 1.89. The third-order valence-electron chi connectivity index (χ3n) is 2.50. The molecule has 1 aliphatic heterocycles. The Bertz CT molecular complexity index is 641. The topological polar surface area (TPSA) is 77.2 Å². The average Bonchev–Trinajstić information content (AvgIpc) is 2.74. The molecule has 0 saturated carbocycles. The van der Waals surface area contributed by atoms with Crippen molar-refractivity contribution < 1.29 is 9.53 Å². The minimum absolute atomic E-state index is 0.00722. The summed E-state index contributed by atoms with van der Waals surface area (Å²) in [7, 11) is 0. The minimum atomic E-state index is -0.191. The van der Waals surface area contributed by atoms with Gasteiger partial charge in [0.15, 0.2) is 11.7 Å². The van der Waals surface area contributed by atoms with Crippen molar-refractivity contribution in [2.75, 3.05) is 17.7 Å². The van der Waals surface area contributed by atoms with Gasteiger partial charge >= 0.3 is 0 Å². The molecular weight excluding hydrogens is 274 g/mol. The number of carbonyl (C=O) groups excluding carboxylic acids is 1. The number of carbonyl (C=O) groups is 1. The Morgan fingerprint density at radius 3 is 3.06 bits per heavy atom. The van der Waals surface area contributed by atoms with Gasteiger partial charge in [0.2, 0.25) is 0 Å². The zero-order valence-corrected chi connectivity index (χ0v) is 10.6. The van der Waals surface area contributed by atoms with E-state index < -0.39 is 0 Å². The number of halogens is 1. The van der Waals surface area contributed by atoms with Gasteiger partial charge in [-0.1, -0.05) is 11.6 Å². The standard InChI is InChI=1S/C11H8ClN3O2S/c12-6-2-7-9(17-3-10(16)14-7)1-5(6)8-4-18-11(13)15-8/h1-2,4H,3H2,(H2,13,15)(H,14,16). The van der Waals surface area contributed by atoms with Crippen LogP contribution in [0.15, 0.2) is 17.5 Å². The SMILES string of the molecule is Nc1nc(-c2cc3c(cc2Cl)NC(=O)CO3)cs1. The summed E-state index contributed by atoms with van der Waals surface area (Å²) in [6.45, 7) is 0.00722. The molecule has 0 spiro atoms. The lowest BCUT2D eigenvalue weighted by atomic mass is 10.1. The van der Waals surface area contributed by atoms with E-state index in [0.717, 1.165) is 5.56 Å². The Labute approximate surface area is 112 Å². The molecular formula is C11H8ClN3O2S. The fraction of sp³-hybridized carbons (Fsp3) is 0.0909. The molecule has 0 aliphatic carbocycles. The maximum Gasteiger partial charge on any atom is 0.262 e. The molecule has 0 unspecified atom stereocenters. The zero-order valence-electron chi connectivity index (χ0n) is 9.07. The van der Waals surface area contributed by atoms with Gasteiger partial charge in [-0.2, -0.15) is 0 Å². The summed E-state index contributed by atoms with van der Waals surface area (Å²) in [4.78, 5) is 15.4. The quantitative estimate of drug-likeness (QED) is 0.841. The number of aromatic nitrogens is 1. The number of benzene rings is 1. The molecule has 0 radical (unpaired) electrons. The fourth-order valence-corrected chi connectivity index (χ4v) is 2.53. The number of amides is 1. The molecule has 1 aromatic heterocycles. The van der Waals surface area contributed by atoms with Crippen LogP contribution in [-0.4, -0.2) is 17.5 Å². The monoisotopic (exact) mass is 281 g/mol. The summed E-state index contributed by atoms with van der Waals surface area (Å²) in [6, 6.07) is 3.41. The van der Waals surface area contributed by atoms with Crippen LogP contribution in [0.1, 0.15) is 0 Å². The number of nitrogens with two attached hydrogens (primary N) is 1. The molecule has 0 fully saturated rings. The molecule has 92 valence electrons. The van der Waals surface area contributed by atoms with E-state index in [4.69, 9.17) is 22.1 Å². The van der Waals surface area contributed by atoms with Gasteiger partial charge in [0, 0.05) is 10.9 Å². The average molecular weight is 282 g/mol. The van der Waals surface area contributed by atoms with Crippen LogP contribution in [0.4, 0.5) is 10.8 Å². The lowest BCUT2D eigenvalue weighted by Crippen LogP contribution is -2.25. The van der Waals surface area contributed by atoms with Gasteiger partial charge in [0.25, 0.3) is 5.91 Å². The number of hydrogen-bond acceptors (Lipinski definition) is 5. The molecule has 2 heterocycles. The van der Waals surface area contributed by atoms with Gasteiger partial charge in [0.1, 0.15) is 5.75 Å². The van der Waals surface area contributed by atoms with Gasteiger partial charge in [-0.3, -0.25) is 4.79 Å². The highest BCUT2D eigenvalue weighted by Gasteiger charge is 2.19. The van der Waals surface area contributed by atoms with E-state index >= 15 is 0 Å². The Morgan fingerprint density at radius 2 is 2.33 bits per heavy atom. The maximum atomic E-state index is 11.2. The van der Waals surface area contributed by atoms with E-state index in [-0.39, 0.29) is 12.5 Å². The number of nitrogen functional groups attached to an aromatic ring is 1. The van der Waals surface area contributed by atoms with E-state index in [0.29, 0.717) is 27.3 Å². The normalized spacial score (nSPS) is 13.7. The molecule has 3 rings (SSSR count). The van der Waals surface area contributed by atoms with Crippen LogP contribution in [0.25, 0.3) is 11.3 Å². The smallest absolute Gasteiger partial charge is 0.262 e. The molecule has 18 heavy (non-hydrogen) atoms. The van der Waals surface area contributed by atoms with Crippen LogP contribution in [-0.2, 0) is 4.79 Å². The number of rotatable bonds is 1. The van der Waals surface area contributed by atoms with Crippen LogP contribution in [0, 0.1) is 0 Å². The fourth-order valence-electron chi connectivity index (χ4n) is 1.71. The first-order valence-electron chi connectivity index (χ1n) is 5.11. The van der Waals surface area contributed by atoms with Crippen LogP contribution < -0.4 is 15.8 Å². The zero-order chi connectivity index (χ0) is 12.7. The van der Waals surface area contributed by atoms with Crippen LogP contribution in [0.2, 0.25) is 5.02 Å². The molecule has 1 amide bonds. The van der Waals surface area contributed by atoms with Crippen molar-refractivity contribution in [3.05, 3.63) is 22.5 Å². The number of nitrogens with one attached hydrogen (secondary N) is 1. The Hall–Kier alpha value is -1.79. The third-order valence-corrected chi connectivity index (χ3v) is 3.49. The molecule has 1 aliphatic rings. The Morgan fingerprint density at radius 1 is 1.50 bits per heavy atom. The number of thiazole rings is 1. The number of nitrogens with zero attached hydrogens (tertiary/aromatic N) is 1. The molecule has 0 saturated heterocycles.